The van der Waals surface area contributed by atoms with Gasteiger partial charge in [0.15, 0.2) is 0 Å². The molecule has 0 bridgehead atoms. The maximum Gasteiger partial charge on any atom is 0.322 e. The van der Waals surface area contributed by atoms with Crippen molar-refractivity contribution < 1.29 is 23.1 Å². The lowest BCUT2D eigenvalue weighted by Gasteiger charge is -2.32. The van der Waals surface area contributed by atoms with Crippen LogP contribution in [0.15, 0.2) is 0 Å². The first-order chi connectivity index (χ1) is 9.03. The van der Waals surface area contributed by atoms with Crippen LogP contribution in [0.2, 0.25) is 0 Å². The summed E-state index contributed by atoms with van der Waals surface area (Å²) in [5.41, 5.74) is 0. The average Bonchev–Trinajstić information content (AvgIpc) is 2.65. The van der Waals surface area contributed by atoms with Gasteiger partial charge in [-0.25, -0.2) is 8.42 Å². The molecule has 0 aliphatic carbocycles. The number of ether oxygens (including phenoxy) is 1. The highest BCUT2D eigenvalue weighted by atomic mass is 32.2. The van der Waals surface area contributed by atoms with Crippen LogP contribution < -0.4 is 0 Å². The van der Waals surface area contributed by atoms with Crippen LogP contribution in [0.5, 0.6) is 0 Å². The molecule has 0 aromatic heterocycles. The van der Waals surface area contributed by atoms with E-state index in [-0.39, 0.29) is 0 Å². The smallest absolute Gasteiger partial charge is 0.322 e. The Labute approximate surface area is 113 Å². The standard InChI is InChI=1S/C12H21NO5S/c14-12(15)11-4-2-1-3-7-13(11)19(16,17)10-5-8-18-9-6-10/h10-11H,1-9H2,(H,14,15). The Morgan fingerprint density at radius 3 is 2.42 bits per heavy atom. The van der Waals surface area contributed by atoms with Crippen LogP contribution in [0.3, 0.4) is 0 Å². The van der Waals surface area contributed by atoms with Crippen LogP contribution in [-0.2, 0) is 19.6 Å². The number of carboxylic acid groups (broad SMARTS) is 1. The summed E-state index contributed by atoms with van der Waals surface area (Å²) in [6.45, 7) is 1.21. The molecule has 2 aliphatic heterocycles. The minimum absolute atomic E-state index is 0.330. The average molecular weight is 291 g/mol. The second-order valence-electron chi connectivity index (χ2n) is 5.17. The lowest BCUT2D eigenvalue weighted by Crippen LogP contribution is -2.49. The Morgan fingerprint density at radius 2 is 1.79 bits per heavy atom. The Morgan fingerprint density at radius 1 is 1.11 bits per heavy atom. The third-order valence-electron chi connectivity index (χ3n) is 3.91. The van der Waals surface area contributed by atoms with Crippen molar-refractivity contribution in [2.75, 3.05) is 19.8 Å². The van der Waals surface area contributed by atoms with Gasteiger partial charge >= 0.3 is 5.97 Å². The molecular formula is C12H21NO5S. The molecule has 1 N–H and O–H groups in total. The molecule has 19 heavy (non-hydrogen) atoms. The third-order valence-corrected chi connectivity index (χ3v) is 6.31. The molecule has 1 unspecified atom stereocenters. The molecule has 0 saturated carbocycles. The zero-order valence-corrected chi connectivity index (χ0v) is 11.8. The molecule has 0 radical (unpaired) electrons. The summed E-state index contributed by atoms with van der Waals surface area (Å²) >= 11 is 0. The molecule has 2 fully saturated rings. The predicted octanol–water partition coefficient (Wildman–Crippen LogP) is 0.824. The van der Waals surface area contributed by atoms with E-state index in [9.17, 15) is 18.3 Å². The minimum Gasteiger partial charge on any atom is -0.480 e. The molecule has 6 nitrogen and oxygen atoms in total. The molecule has 0 spiro atoms. The number of rotatable bonds is 3. The SMILES string of the molecule is O=C(O)C1CCCCCN1S(=O)(=O)C1CCOCC1. The lowest BCUT2D eigenvalue weighted by molar-refractivity contribution is -0.141. The van der Waals surface area contributed by atoms with Crippen LogP contribution in [0.1, 0.15) is 38.5 Å². The summed E-state index contributed by atoms with van der Waals surface area (Å²) < 4.78 is 31.6. The second-order valence-corrected chi connectivity index (χ2v) is 7.34. The molecule has 0 aromatic rings. The van der Waals surface area contributed by atoms with Crippen molar-refractivity contribution in [1.82, 2.24) is 4.31 Å². The first-order valence-electron chi connectivity index (χ1n) is 6.84. The summed E-state index contributed by atoms with van der Waals surface area (Å²) in [5.74, 6) is -1.03. The van der Waals surface area contributed by atoms with Gasteiger partial charge < -0.3 is 9.84 Å². The van der Waals surface area contributed by atoms with E-state index in [1.165, 1.54) is 4.31 Å². The summed E-state index contributed by atoms with van der Waals surface area (Å²) in [6, 6.07) is -0.893. The predicted molar refractivity (Wildman–Crippen MR) is 69.4 cm³/mol. The van der Waals surface area contributed by atoms with Gasteiger partial charge in [-0.1, -0.05) is 12.8 Å². The van der Waals surface area contributed by atoms with E-state index in [0.29, 0.717) is 39.0 Å². The molecule has 2 rings (SSSR count). The molecule has 110 valence electrons. The van der Waals surface area contributed by atoms with Crippen molar-refractivity contribution in [3.63, 3.8) is 0 Å². The van der Waals surface area contributed by atoms with E-state index in [0.717, 1.165) is 19.3 Å². The topological polar surface area (TPSA) is 83.9 Å². The quantitative estimate of drug-likeness (QED) is 0.832. The number of carboxylic acids is 1. The van der Waals surface area contributed by atoms with Crippen molar-refractivity contribution >= 4 is 16.0 Å². The third kappa shape index (κ3) is 3.27. The maximum absolute atomic E-state index is 12.6. The fourth-order valence-corrected chi connectivity index (χ4v) is 4.90. The first kappa shape index (κ1) is 14.7. The molecule has 0 amide bonds. The Hall–Kier alpha value is -0.660. The van der Waals surface area contributed by atoms with Gasteiger partial charge in [-0.05, 0) is 25.7 Å². The van der Waals surface area contributed by atoms with Crippen molar-refractivity contribution in [2.45, 2.75) is 49.8 Å². The molecule has 2 aliphatic rings. The van der Waals surface area contributed by atoms with Gasteiger partial charge in [0.25, 0.3) is 0 Å². The van der Waals surface area contributed by atoms with E-state index in [1.807, 2.05) is 0 Å². The summed E-state index contributed by atoms with van der Waals surface area (Å²) in [6.07, 6.45) is 3.75. The normalized spacial score (nSPS) is 27.9. The Kier molecular flexibility index (Phi) is 4.81. The van der Waals surface area contributed by atoms with Crippen LogP contribution in [0, 0.1) is 0 Å². The van der Waals surface area contributed by atoms with E-state index in [4.69, 9.17) is 4.74 Å². The lowest BCUT2D eigenvalue weighted by atomic mass is 10.1. The number of carbonyl (C=O) groups is 1. The van der Waals surface area contributed by atoms with Crippen LogP contribution >= 0.6 is 0 Å². The zero-order chi connectivity index (χ0) is 13.9. The van der Waals surface area contributed by atoms with Gasteiger partial charge in [-0.15, -0.1) is 0 Å². The van der Waals surface area contributed by atoms with E-state index >= 15 is 0 Å². The van der Waals surface area contributed by atoms with Crippen molar-refractivity contribution in [3.8, 4) is 0 Å². The van der Waals surface area contributed by atoms with Crippen LogP contribution in [0.4, 0.5) is 0 Å². The zero-order valence-electron chi connectivity index (χ0n) is 11.0. The summed E-state index contributed by atoms with van der Waals surface area (Å²) in [4.78, 5) is 11.3. The molecule has 2 saturated heterocycles. The largest absolute Gasteiger partial charge is 0.480 e. The van der Waals surface area contributed by atoms with Crippen molar-refractivity contribution in [2.24, 2.45) is 0 Å². The molecular weight excluding hydrogens is 270 g/mol. The molecule has 2 heterocycles. The van der Waals surface area contributed by atoms with Crippen molar-refractivity contribution in [1.29, 1.82) is 0 Å². The molecule has 1 atom stereocenters. The molecule has 0 aromatic carbocycles. The number of hydrogen-bond acceptors (Lipinski definition) is 4. The van der Waals surface area contributed by atoms with Crippen LogP contribution in [0.25, 0.3) is 0 Å². The highest BCUT2D eigenvalue weighted by molar-refractivity contribution is 7.89. The number of hydrogen-bond donors (Lipinski definition) is 1. The van der Waals surface area contributed by atoms with Gasteiger partial charge in [-0.2, -0.15) is 4.31 Å². The van der Waals surface area contributed by atoms with Crippen molar-refractivity contribution in [3.05, 3.63) is 0 Å². The van der Waals surface area contributed by atoms with E-state index in [1.54, 1.807) is 0 Å². The van der Waals surface area contributed by atoms with Gasteiger partial charge in [0.05, 0.1) is 5.25 Å². The Balaban J connectivity index is 2.21. The fraction of sp³-hybridized carbons (Fsp3) is 0.917. The van der Waals surface area contributed by atoms with Gasteiger partial charge in [0.2, 0.25) is 10.0 Å². The minimum atomic E-state index is -3.53. The summed E-state index contributed by atoms with van der Waals surface area (Å²) in [7, 11) is -3.53. The fourth-order valence-electron chi connectivity index (χ4n) is 2.80. The van der Waals surface area contributed by atoms with Crippen LogP contribution in [-0.4, -0.2) is 54.8 Å². The monoisotopic (exact) mass is 291 g/mol. The maximum atomic E-state index is 12.6. The van der Waals surface area contributed by atoms with E-state index in [2.05, 4.69) is 0 Å². The number of nitrogens with zero attached hydrogens (tertiary/aromatic N) is 1. The van der Waals surface area contributed by atoms with Gasteiger partial charge in [0, 0.05) is 19.8 Å². The number of aliphatic carboxylic acids is 1. The Bertz CT molecular complexity index is 416. The van der Waals surface area contributed by atoms with E-state index < -0.39 is 27.3 Å². The first-order valence-corrected chi connectivity index (χ1v) is 8.35. The highest BCUT2D eigenvalue weighted by Crippen LogP contribution is 2.26. The van der Waals surface area contributed by atoms with Gasteiger partial charge in [-0.3, -0.25) is 4.79 Å². The second kappa shape index (κ2) is 6.19. The number of sulfonamides is 1. The molecule has 7 heteroatoms. The van der Waals surface area contributed by atoms with Gasteiger partial charge in [0.1, 0.15) is 6.04 Å². The summed E-state index contributed by atoms with van der Waals surface area (Å²) in [5, 5.41) is 8.78. The highest BCUT2D eigenvalue weighted by Gasteiger charge is 2.40.